The molecule has 1 heterocycles. The molecule has 5 heteroatoms. The first-order valence-corrected chi connectivity index (χ1v) is 4.79. The maximum absolute atomic E-state index is 13.9. The van der Waals surface area contributed by atoms with Crippen LogP contribution in [-0.4, -0.2) is 6.29 Å². The van der Waals surface area contributed by atoms with Crippen LogP contribution in [0.4, 0.5) is 13.2 Å². The Morgan fingerprint density at radius 1 is 1.12 bits per heavy atom. The highest BCUT2D eigenvalue weighted by Gasteiger charge is 2.45. The fourth-order valence-corrected chi connectivity index (χ4v) is 1.56. The molecule has 1 aliphatic rings. The molecule has 0 unspecified atom stereocenters. The van der Waals surface area contributed by atoms with Crippen LogP contribution in [0.3, 0.4) is 0 Å². The van der Waals surface area contributed by atoms with Crippen LogP contribution in [0.5, 0.6) is 11.5 Å². The van der Waals surface area contributed by atoms with Crippen LogP contribution < -0.4 is 9.47 Å². The van der Waals surface area contributed by atoms with Crippen LogP contribution in [0.1, 0.15) is 26.3 Å². The fraction of sp³-hybridized carbons (Fsp3) is 0.455. The maximum Gasteiger partial charge on any atom is 0.586 e. The molecule has 0 amide bonds. The van der Waals surface area contributed by atoms with E-state index in [1.807, 2.05) is 0 Å². The highest BCUT2D eigenvalue weighted by atomic mass is 19.3. The largest absolute Gasteiger partial charge is 0.586 e. The highest BCUT2D eigenvalue weighted by molar-refractivity contribution is 5.48. The van der Waals surface area contributed by atoms with Gasteiger partial charge in [0.1, 0.15) is 0 Å². The summed E-state index contributed by atoms with van der Waals surface area (Å²) in [6.45, 7) is 5.35. The van der Waals surface area contributed by atoms with Crippen molar-refractivity contribution >= 4 is 0 Å². The van der Waals surface area contributed by atoms with Crippen molar-refractivity contribution in [1.29, 1.82) is 0 Å². The van der Waals surface area contributed by atoms with Gasteiger partial charge in [-0.25, -0.2) is 4.39 Å². The Balaban J connectivity index is 2.52. The second kappa shape index (κ2) is 3.06. The van der Waals surface area contributed by atoms with Crippen molar-refractivity contribution in [2.24, 2.45) is 0 Å². The Kier molecular flexibility index (Phi) is 2.12. The molecular formula is C11H11F3O2. The van der Waals surface area contributed by atoms with Gasteiger partial charge < -0.3 is 9.47 Å². The van der Waals surface area contributed by atoms with Gasteiger partial charge in [0.2, 0.25) is 5.75 Å². The van der Waals surface area contributed by atoms with E-state index in [1.54, 1.807) is 20.8 Å². The second-order valence-electron chi connectivity index (χ2n) is 4.67. The van der Waals surface area contributed by atoms with E-state index < -0.39 is 23.3 Å². The van der Waals surface area contributed by atoms with Gasteiger partial charge >= 0.3 is 6.29 Å². The van der Waals surface area contributed by atoms with Crippen LogP contribution in [0.15, 0.2) is 12.1 Å². The lowest BCUT2D eigenvalue weighted by Crippen LogP contribution is -2.26. The summed E-state index contributed by atoms with van der Waals surface area (Å²) in [5.41, 5.74) is -0.173. The molecule has 2 nitrogen and oxygen atoms in total. The Labute approximate surface area is 91.0 Å². The van der Waals surface area contributed by atoms with Crippen molar-refractivity contribution in [1.82, 2.24) is 0 Å². The van der Waals surface area contributed by atoms with Gasteiger partial charge in [0.15, 0.2) is 11.6 Å². The van der Waals surface area contributed by atoms with Gasteiger partial charge in [-0.2, -0.15) is 0 Å². The van der Waals surface area contributed by atoms with Gasteiger partial charge in [-0.1, -0.05) is 26.8 Å². The van der Waals surface area contributed by atoms with E-state index >= 15 is 0 Å². The molecule has 0 spiro atoms. The van der Waals surface area contributed by atoms with Crippen molar-refractivity contribution < 1.29 is 22.6 Å². The average molecular weight is 232 g/mol. The number of alkyl halides is 2. The SMILES string of the molecule is CC(C)(C)c1ccc2c(c1F)OC(F)(F)O2. The molecule has 1 aromatic rings. The number of hydrogen-bond donors (Lipinski definition) is 0. The molecular weight excluding hydrogens is 221 g/mol. The Hall–Kier alpha value is -1.39. The van der Waals surface area contributed by atoms with Gasteiger partial charge in [-0.3, -0.25) is 0 Å². The lowest BCUT2D eigenvalue weighted by molar-refractivity contribution is -0.287. The number of ether oxygens (including phenoxy) is 2. The van der Waals surface area contributed by atoms with Crippen molar-refractivity contribution in [3.05, 3.63) is 23.5 Å². The summed E-state index contributed by atoms with van der Waals surface area (Å²) in [7, 11) is 0. The third kappa shape index (κ3) is 1.70. The molecule has 1 aromatic carbocycles. The van der Waals surface area contributed by atoms with Crippen molar-refractivity contribution in [3.63, 3.8) is 0 Å². The number of benzene rings is 1. The zero-order chi connectivity index (χ0) is 12.1. The van der Waals surface area contributed by atoms with E-state index in [2.05, 4.69) is 9.47 Å². The molecule has 0 fully saturated rings. The summed E-state index contributed by atoms with van der Waals surface area (Å²) in [6, 6.07) is 2.72. The molecule has 0 aromatic heterocycles. The minimum atomic E-state index is -3.78. The first-order chi connectivity index (χ1) is 7.21. The number of halogens is 3. The van der Waals surface area contributed by atoms with Crippen LogP contribution >= 0.6 is 0 Å². The van der Waals surface area contributed by atoms with E-state index in [-0.39, 0.29) is 5.75 Å². The van der Waals surface area contributed by atoms with E-state index in [0.29, 0.717) is 5.56 Å². The van der Waals surface area contributed by atoms with Gasteiger partial charge in [0.05, 0.1) is 0 Å². The second-order valence-corrected chi connectivity index (χ2v) is 4.67. The molecule has 0 N–H and O–H groups in total. The molecule has 0 saturated carbocycles. The topological polar surface area (TPSA) is 18.5 Å². The van der Waals surface area contributed by atoms with Crippen LogP contribution in [-0.2, 0) is 5.41 Å². The summed E-state index contributed by atoms with van der Waals surface area (Å²) < 4.78 is 47.6. The summed E-state index contributed by atoms with van der Waals surface area (Å²) in [5.74, 6) is -1.57. The summed E-state index contributed by atoms with van der Waals surface area (Å²) >= 11 is 0. The fourth-order valence-electron chi connectivity index (χ4n) is 1.56. The predicted octanol–water partition coefficient (Wildman–Crippen LogP) is 3.44. The molecule has 2 rings (SSSR count). The van der Waals surface area contributed by atoms with Crippen LogP contribution in [0, 0.1) is 5.82 Å². The van der Waals surface area contributed by atoms with Crippen molar-refractivity contribution in [2.45, 2.75) is 32.5 Å². The minimum absolute atomic E-state index is 0.268. The first kappa shape index (κ1) is 11.1. The lowest BCUT2D eigenvalue weighted by Gasteiger charge is -2.19. The van der Waals surface area contributed by atoms with Crippen molar-refractivity contribution in [3.8, 4) is 11.5 Å². The third-order valence-corrected chi connectivity index (χ3v) is 2.32. The smallest absolute Gasteiger partial charge is 0.395 e. The molecule has 88 valence electrons. The number of fused-ring (bicyclic) bond motifs is 1. The van der Waals surface area contributed by atoms with Gasteiger partial charge in [-0.15, -0.1) is 8.78 Å². The Bertz CT molecular complexity index is 436. The molecule has 0 atom stereocenters. The Morgan fingerprint density at radius 3 is 2.31 bits per heavy atom. The van der Waals surface area contributed by atoms with Gasteiger partial charge in [-0.05, 0) is 17.0 Å². The Morgan fingerprint density at radius 2 is 1.75 bits per heavy atom. The molecule has 0 saturated heterocycles. The van der Waals surface area contributed by atoms with Crippen molar-refractivity contribution in [2.75, 3.05) is 0 Å². The monoisotopic (exact) mass is 232 g/mol. The molecule has 0 bridgehead atoms. The van der Waals surface area contributed by atoms with Crippen LogP contribution in [0.25, 0.3) is 0 Å². The van der Waals surface area contributed by atoms with E-state index in [9.17, 15) is 13.2 Å². The van der Waals surface area contributed by atoms with Gasteiger partial charge in [0.25, 0.3) is 0 Å². The lowest BCUT2D eigenvalue weighted by atomic mass is 9.86. The third-order valence-electron chi connectivity index (χ3n) is 2.32. The van der Waals surface area contributed by atoms with E-state index in [4.69, 9.17) is 0 Å². The van der Waals surface area contributed by atoms with Gasteiger partial charge in [0, 0.05) is 0 Å². The average Bonchev–Trinajstić information content (AvgIpc) is 2.38. The number of hydrogen-bond acceptors (Lipinski definition) is 2. The number of rotatable bonds is 0. The standard InChI is InChI=1S/C11H11F3O2/c1-10(2,3)6-4-5-7-9(8(6)12)16-11(13,14)15-7/h4-5H,1-3H3. The summed E-state index contributed by atoms with van der Waals surface area (Å²) in [5, 5.41) is 0. The zero-order valence-corrected chi connectivity index (χ0v) is 9.11. The van der Waals surface area contributed by atoms with E-state index in [0.717, 1.165) is 0 Å². The highest BCUT2D eigenvalue weighted by Crippen LogP contribution is 2.45. The quantitative estimate of drug-likeness (QED) is 0.682. The molecule has 0 aliphatic carbocycles. The molecule has 1 aliphatic heterocycles. The normalized spacial score (nSPS) is 17.6. The molecule has 16 heavy (non-hydrogen) atoms. The van der Waals surface area contributed by atoms with E-state index in [1.165, 1.54) is 12.1 Å². The maximum atomic E-state index is 13.9. The summed E-state index contributed by atoms with van der Waals surface area (Å²) in [4.78, 5) is 0. The predicted molar refractivity (Wildman–Crippen MR) is 51.3 cm³/mol. The summed E-state index contributed by atoms with van der Waals surface area (Å²) in [6.07, 6.45) is -3.78. The van der Waals surface area contributed by atoms with Crippen LogP contribution in [0.2, 0.25) is 0 Å². The zero-order valence-electron chi connectivity index (χ0n) is 9.11. The first-order valence-electron chi connectivity index (χ1n) is 4.79. The minimum Gasteiger partial charge on any atom is -0.395 e. The molecule has 0 radical (unpaired) electrons.